The number of hydrogen-bond acceptors (Lipinski definition) is 3. The highest BCUT2D eigenvalue weighted by Crippen LogP contribution is 2.58. The predicted molar refractivity (Wildman–Crippen MR) is 121 cm³/mol. The molecule has 0 bridgehead atoms. The maximum absolute atomic E-state index is 6.60. The number of hydrogen-bond donors (Lipinski definition) is 0. The van der Waals surface area contributed by atoms with Crippen LogP contribution < -0.4 is 14.0 Å². The number of para-hydroxylation sites is 1. The molecule has 0 radical (unpaired) electrons. The van der Waals surface area contributed by atoms with Crippen molar-refractivity contribution >= 4 is 33.6 Å². The number of pyridine rings is 1. The van der Waals surface area contributed by atoms with Crippen molar-refractivity contribution in [3.63, 3.8) is 0 Å². The van der Waals surface area contributed by atoms with Crippen molar-refractivity contribution in [2.75, 3.05) is 0 Å². The summed E-state index contributed by atoms with van der Waals surface area (Å²) in [6.45, 7) is 0. The highest BCUT2D eigenvalue weighted by atomic mass is 32.2. The van der Waals surface area contributed by atoms with Gasteiger partial charge in [0.15, 0.2) is 22.9 Å². The lowest BCUT2D eigenvalue weighted by molar-refractivity contribution is -0.798. The standard InChI is InChI=1S/C26H13N5OS/c1-4-14-15-9-10-18-22-24(15)30-23(14)19(7-1)33-20-8-3-12-28(25(20)30)26(22)21-16(5-2-6-17(21)32-18)29-13-11-27-31(26)29/h1-13H/q+2. The maximum atomic E-state index is 6.60. The molecule has 6 nitrogen and oxygen atoms in total. The van der Waals surface area contributed by atoms with E-state index in [1.54, 1.807) is 0 Å². The molecular formula is C26H13N5OS+2. The molecule has 0 fully saturated rings. The molecule has 1 spiro atoms. The Kier molecular flexibility index (Phi) is 2.21. The molecule has 10 rings (SSSR count). The molecule has 3 aromatic heterocycles. The normalized spacial score (nSPS) is 19.2. The Bertz CT molecular complexity index is 1950. The van der Waals surface area contributed by atoms with Crippen LogP contribution in [-0.2, 0) is 5.66 Å². The second-order valence-electron chi connectivity index (χ2n) is 8.96. The van der Waals surface area contributed by atoms with E-state index in [1.807, 2.05) is 24.2 Å². The largest absolute Gasteiger partial charge is 0.456 e. The molecule has 3 aromatic carbocycles. The van der Waals surface area contributed by atoms with Crippen LogP contribution >= 0.6 is 11.8 Å². The van der Waals surface area contributed by atoms with Gasteiger partial charge in [0.2, 0.25) is 6.20 Å². The Morgan fingerprint density at radius 3 is 2.70 bits per heavy atom. The van der Waals surface area contributed by atoms with Gasteiger partial charge in [-0.25, -0.2) is 0 Å². The quantitative estimate of drug-likeness (QED) is 0.332. The third-order valence-electron chi connectivity index (χ3n) is 7.63. The monoisotopic (exact) mass is 443 g/mol. The third kappa shape index (κ3) is 1.37. The van der Waals surface area contributed by atoms with Crippen molar-refractivity contribution in [3.8, 4) is 23.0 Å². The predicted octanol–water partition coefficient (Wildman–Crippen LogP) is 4.04. The minimum absolute atomic E-state index is 0.656. The van der Waals surface area contributed by atoms with Gasteiger partial charge in [-0.3, -0.25) is 0 Å². The van der Waals surface area contributed by atoms with E-state index in [0.717, 1.165) is 28.3 Å². The highest BCUT2D eigenvalue weighted by Gasteiger charge is 2.66. The van der Waals surface area contributed by atoms with Gasteiger partial charge < -0.3 is 4.74 Å². The van der Waals surface area contributed by atoms with Crippen molar-refractivity contribution in [2.45, 2.75) is 15.5 Å². The lowest BCUT2D eigenvalue weighted by atomic mass is 9.84. The Labute approximate surface area is 190 Å². The first-order chi connectivity index (χ1) is 16.4. The van der Waals surface area contributed by atoms with Crippen molar-refractivity contribution in [3.05, 3.63) is 90.4 Å². The van der Waals surface area contributed by atoms with Crippen LogP contribution in [0.3, 0.4) is 0 Å². The van der Waals surface area contributed by atoms with E-state index in [9.17, 15) is 0 Å². The van der Waals surface area contributed by atoms with Crippen LogP contribution in [0.15, 0.2) is 89.0 Å². The molecule has 33 heavy (non-hydrogen) atoms. The molecule has 6 aromatic rings. The van der Waals surface area contributed by atoms with Crippen molar-refractivity contribution in [1.82, 2.24) is 14.5 Å². The second kappa shape index (κ2) is 4.65. The molecule has 152 valence electrons. The van der Waals surface area contributed by atoms with Crippen LogP contribution in [-0.4, -0.2) is 14.5 Å². The van der Waals surface area contributed by atoms with Crippen molar-refractivity contribution in [2.24, 2.45) is 0 Å². The number of nitrogens with zero attached hydrogens (tertiary/aromatic N) is 5. The van der Waals surface area contributed by atoms with Crippen LogP contribution in [0.5, 0.6) is 11.5 Å². The molecular weight excluding hydrogens is 430 g/mol. The van der Waals surface area contributed by atoms with Gasteiger partial charge in [-0.15, -0.1) is 4.68 Å². The first kappa shape index (κ1) is 15.7. The molecule has 4 aliphatic heterocycles. The van der Waals surface area contributed by atoms with Gasteiger partial charge in [-0.1, -0.05) is 23.9 Å². The van der Waals surface area contributed by atoms with Crippen LogP contribution in [0.4, 0.5) is 0 Å². The molecule has 0 saturated carbocycles. The van der Waals surface area contributed by atoms with E-state index in [2.05, 4.69) is 85.5 Å². The SMILES string of the molecule is c1cc2c3c(c1)-[n+]1ccnn1C31c3c(ccc4c5cccc6c5n(c34)-c3c(ccc[n+]31)S6)O2. The second-order valence-corrected chi connectivity index (χ2v) is 10.0. The highest BCUT2D eigenvalue weighted by molar-refractivity contribution is 7.99. The number of rotatable bonds is 0. The zero-order valence-electron chi connectivity index (χ0n) is 17.1. The molecule has 1 unspecified atom stereocenters. The average molecular weight is 443 g/mol. The smallest absolute Gasteiger partial charge is 0.327 e. The first-order valence-electron chi connectivity index (χ1n) is 11.0. The Hall–Kier alpha value is -4.10. The first-order valence-corrected chi connectivity index (χ1v) is 11.8. The van der Waals surface area contributed by atoms with Gasteiger partial charge in [0.05, 0.1) is 11.1 Å². The number of benzene rings is 3. The molecule has 0 aliphatic carbocycles. The third-order valence-corrected chi connectivity index (χ3v) is 8.72. The zero-order valence-corrected chi connectivity index (χ0v) is 17.9. The molecule has 0 N–H and O–H groups in total. The Morgan fingerprint density at radius 2 is 1.70 bits per heavy atom. The number of fused-ring (bicyclic) bond motifs is 3. The summed E-state index contributed by atoms with van der Waals surface area (Å²) in [7, 11) is 0. The summed E-state index contributed by atoms with van der Waals surface area (Å²) in [6, 6.07) is 21.7. The van der Waals surface area contributed by atoms with Crippen LogP contribution in [0, 0.1) is 0 Å². The van der Waals surface area contributed by atoms with E-state index in [4.69, 9.17) is 9.84 Å². The topological polar surface area (TPSA) is 39.7 Å². The summed E-state index contributed by atoms with van der Waals surface area (Å²) < 4.78 is 13.6. The Balaban J connectivity index is 1.60. The fraction of sp³-hybridized carbons (Fsp3) is 0.0385. The number of ether oxygens (including phenoxy) is 1. The lowest BCUT2D eigenvalue weighted by Crippen LogP contribution is -2.67. The summed E-state index contributed by atoms with van der Waals surface area (Å²) in [5, 5.41) is 7.43. The molecule has 0 amide bonds. The fourth-order valence-corrected chi connectivity index (χ4v) is 7.71. The fourth-order valence-electron chi connectivity index (χ4n) is 6.60. The van der Waals surface area contributed by atoms with Crippen LogP contribution in [0.1, 0.15) is 11.1 Å². The lowest BCUT2D eigenvalue weighted by Gasteiger charge is -2.35. The summed E-state index contributed by atoms with van der Waals surface area (Å²) >= 11 is 1.85. The van der Waals surface area contributed by atoms with Gasteiger partial charge in [-0.2, -0.15) is 9.13 Å². The van der Waals surface area contributed by atoms with E-state index < -0.39 is 5.66 Å². The van der Waals surface area contributed by atoms with Gasteiger partial charge in [-0.05, 0) is 48.5 Å². The van der Waals surface area contributed by atoms with E-state index in [0.29, 0.717) is 0 Å². The minimum Gasteiger partial charge on any atom is -0.456 e. The molecule has 7 heterocycles. The van der Waals surface area contributed by atoms with Gasteiger partial charge in [0, 0.05) is 20.7 Å². The van der Waals surface area contributed by atoms with Crippen LogP contribution in [0.25, 0.3) is 33.3 Å². The molecule has 4 aliphatic rings. The molecule has 7 heteroatoms. The minimum atomic E-state index is -0.656. The summed E-state index contributed by atoms with van der Waals surface area (Å²) in [6.07, 6.45) is 6.12. The number of aromatic nitrogens is 5. The van der Waals surface area contributed by atoms with Crippen molar-refractivity contribution in [1.29, 1.82) is 0 Å². The molecule has 1 atom stereocenters. The van der Waals surface area contributed by atoms with E-state index >= 15 is 0 Å². The van der Waals surface area contributed by atoms with Gasteiger partial charge in [0.1, 0.15) is 27.5 Å². The van der Waals surface area contributed by atoms with Crippen molar-refractivity contribution < 1.29 is 14.0 Å². The summed E-state index contributed by atoms with van der Waals surface area (Å²) in [5.41, 5.74) is 5.23. The summed E-state index contributed by atoms with van der Waals surface area (Å²) in [5.74, 6) is 2.96. The Morgan fingerprint density at radius 1 is 0.818 bits per heavy atom. The average Bonchev–Trinajstić information content (AvgIpc) is 3.53. The maximum Gasteiger partial charge on any atom is 0.327 e. The summed E-state index contributed by atoms with van der Waals surface area (Å²) in [4.78, 5) is 4.66. The van der Waals surface area contributed by atoms with E-state index in [1.165, 1.54) is 37.4 Å². The zero-order chi connectivity index (χ0) is 21.1. The van der Waals surface area contributed by atoms with Gasteiger partial charge >= 0.3 is 11.5 Å². The van der Waals surface area contributed by atoms with Crippen LogP contribution in [0.2, 0.25) is 0 Å². The van der Waals surface area contributed by atoms with Gasteiger partial charge in [0.25, 0.3) is 0 Å². The molecule has 0 saturated heterocycles. The van der Waals surface area contributed by atoms with E-state index in [-0.39, 0.29) is 0 Å².